The van der Waals surface area contributed by atoms with Crippen LogP contribution < -0.4 is 9.47 Å². The van der Waals surface area contributed by atoms with Crippen molar-refractivity contribution >= 4 is 0 Å². The van der Waals surface area contributed by atoms with E-state index in [0.717, 1.165) is 11.5 Å². The van der Waals surface area contributed by atoms with E-state index in [1.54, 1.807) is 14.2 Å². The minimum absolute atomic E-state index is 0.0532. The van der Waals surface area contributed by atoms with Gasteiger partial charge in [0.1, 0.15) is 11.5 Å². The van der Waals surface area contributed by atoms with Gasteiger partial charge in [-0.3, -0.25) is 0 Å². The molecule has 0 saturated heterocycles. The Balaban J connectivity index is 3.55. The Kier molecular flexibility index (Phi) is 3.99. The Morgan fingerprint density at radius 2 is 1.00 bits per heavy atom. The Bertz CT molecular complexity index is 383. The molecule has 0 unspecified atom stereocenters. The lowest BCUT2D eigenvalue weighted by Crippen LogP contribution is -2.18. The summed E-state index contributed by atoms with van der Waals surface area (Å²) in [6.45, 7) is 13.2. The lowest BCUT2D eigenvalue weighted by Gasteiger charge is -2.28. The minimum atomic E-state index is 0.0532. The third-order valence-electron chi connectivity index (χ3n) is 3.14. The van der Waals surface area contributed by atoms with E-state index >= 15 is 0 Å². The summed E-state index contributed by atoms with van der Waals surface area (Å²) >= 11 is 0. The topological polar surface area (TPSA) is 18.5 Å². The van der Waals surface area contributed by atoms with Crippen molar-refractivity contribution in [3.63, 3.8) is 0 Å². The quantitative estimate of drug-likeness (QED) is 0.779. The van der Waals surface area contributed by atoms with Crippen molar-refractivity contribution < 1.29 is 9.47 Å². The average molecular weight is 250 g/mol. The van der Waals surface area contributed by atoms with E-state index in [1.165, 1.54) is 11.1 Å². The number of ether oxygens (including phenoxy) is 2. The smallest absolute Gasteiger partial charge is 0.126 e. The number of rotatable bonds is 2. The Labute approximate surface area is 111 Å². The van der Waals surface area contributed by atoms with E-state index in [9.17, 15) is 0 Å². The maximum absolute atomic E-state index is 5.50. The molecule has 0 aliphatic carbocycles. The maximum atomic E-state index is 5.50. The summed E-state index contributed by atoms with van der Waals surface area (Å²) in [5, 5.41) is 0. The normalized spacial score (nSPS) is 12.4. The maximum Gasteiger partial charge on any atom is 0.126 e. The molecule has 0 amide bonds. The summed E-state index contributed by atoms with van der Waals surface area (Å²) < 4.78 is 11.0. The van der Waals surface area contributed by atoms with Crippen molar-refractivity contribution in [2.45, 2.75) is 52.4 Å². The lowest BCUT2D eigenvalue weighted by molar-refractivity contribution is 0.373. The molecule has 0 spiro atoms. The van der Waals surface area contributed by atoms with Crippen LogP contribution in [0.2, 0.25) is 0 Å². The van der Waals surface area contributed by atoms with E-state index in [-0.39, 0.29) is 10.8 Å². The highest BCUT2D eigenvalue weighted by Gasteiger charge is 2.26. The van der Waals surface area contributed by atoms with Gasteiger partial charge in [-0.2, -0.15) is 0 Å². The first-order valence-corrected chi connectivity index (χ1v) is 6.38. The first-order valence-electron chi connectivity index (χ1n) is 6.38. The van der Waals surface area contributed by atoms with Crippen LogP contribution >= 0.6 is 0 Å². The predicted molar refractivity (Wildman–Crippen MR) is 76.9 cm³/mol. The Morgan fingerprint density at radius 3 is 1.22 bits per heavy atom. The van der Waals surface area contributed by atoms with Crippen LogP contribution in [-0.2, 0) is 10.8 Å². The van der Waals surface area contributed by atoms with Gasteiger partial charge in [0, 0.05) is 17.2 Å². The van der Waals surface area contributed by atoms with Crippen molar-refractivity contribution in [2.24, 2.45) is 0 Å². The van der Waals surface area contributed by atoms with Crippen LogP contribution in [0.25, 0.3) is 0 Å². The first-order chi connectivity index (χ1) is 8.11. The molecule has 0 atom stereocenters. The van der Waals surface area contributed by atoms with Gasteiger partial charge >= 0.3 is 0 Å². The fraction of sp³-hybridized carbons (Fsp3) is 0.625. The molecule has 0 bridgehead atoms. The van der Waals surface area contributed by atoms with Crippen molar-refractivity contribution in [1.82, 2.24) is 0 Å². The fourth-order valence-corrected chi connectivity index (χ4v) is 2.07. The molecule has 0 aliphatic heterocycles. The molecule has 2 nitrogen and oxygen atoms in total. The van der Waals surface area contributed by atoms with Crippen LogP contribution in [0.4, 0.5) is 0 Å². The van der Waals surface area contributed by atoms with Gasteiger partial charge in [0.15, 0.2) is 0 Å². The zero-order valence-corrected chi connectivity index (χ0v) is 13.0. The molecule has 18 heavy (non-hydrogen) atoms. The molecule has 0 N–H and O–H groups in total. The van der Waals surface area contributed by atoms with E-state index < -0.39 is 0 Å². The van der Waals surface area contributed by atoms with Crippen molar-refractivity contribution in [3.8, 4) is 11.5 Å². The highest BCUT2D eigenvalue weighted by molar-refractivity contribution is 5.51. The Hall–Kier alpha value is -1.18. The van der Waals surface area contributed by atoms with E-state index in [2.05, 4.69) is 47.6 Å². The molecular weight excluding hydrogens is 224 g/mol. The average Bonchev–Trinajstić information content (AvgIpc) is 2.24. The van der Waals surface area contributed by atoms with Crippen molar-refractivity contribution in [1.29, 1.82) is 0 Å². The largest absolute Gasteiger partial charge is 0.496 e. The summed E-state index contributed by atoms with van der Waals surface area (Å²) in [5.74, 6) is 1.79. The van der Waals surface area contributed by atoms with Crippen LogP contribution in [0.15, 0.2) is 12.1 Å². The van der Waals surface area contributed by atoms with Crippen molar-refractivity contribution in [3.05, 3.63) is 23.3 Å². The second kappa shape index (κ2) is 4.83. The number of hydrogen-bond acceptors (Lipinski definition) is 2. The molecule has 0 fully saturated rings. The second-order valence-corrected chi connectivity index (χ2v) is 6.75. The standard InChI is InChI=1S/C16H26O2/c1-15(2,3)11-9-12(16(4,5)6)14(18-8)10-13(11)17-7/h9-10H,1-8H3. The Morgan fingerprint density at radius 1 is 0.667 bits per heavy atom. The highest BCUT2D eigenvalue weighted by atomic mass is 16.5. The zero-order chi connectivity index (χ0) is 14.1. The highest BCUT2D eigenvalue weighted by Crippen LogP contribution is 2.40. The van der Waals surface area contributed by atoms with Crippen LogP contribution in [0, 0.1) is 0 Å². The zero-order valence-electron chi connectivity index (χ0n) is 13.0. The van der Waals surface area contributed by atoms with Gasteiger partial charge in [-0.25, -0.2) is 0 Å². The molecule has 1 aromatic rings. The van der Waals surface area contributed by atoms with Gasteiger partial charge in [-0.05, 0) is 16.9 Å². The molecule has 0 saturated carbocycles. The molecule has 1 rings (SSSR count). The molecule has 2 heteroatoms. The number of benzene rings is 1. The van der Waals surface area contributed by atoms with Crippen LogP contribution in [-0.4, -0.2) is 14.2 Å². The first kappa shape index (κ1) is 14.9. The van der Waals surface area contributed by atoms with Gasteiger partial charge in [-0.15, -0.1) is 0 Å². The van der Waals surface area contributed by atoms with Gasteiger partial charge < -0.3 is 9.47 Å². The van der Waals surface area contributed by atoms with Gasteiger partial charge in [0.05, 0.1) is 14.2 Å². The molecule has 0 radical (unpaired) electrons. The molecule has 0 aliphatic rings. The van der Waals surface area contributed by atoms with Crippen molar-refractivity contribution in [2.75, 3.05) is 14.2 Å². The lowest BCUT2D eigenvalue weighted by atomic mass is 9.79. The van der Waals surface area contributed by atoms with E-state index in [4.69, 9.17) is 9.47 Å². The molecule has 102 valence electrons. The van der Waals surface area contributed by atoms with Gasteiger partial charge in [0.25, 0.3) is 0 Å². The summed E-state index contributed by atoms with van der Waals surface area (Å²) in [6, 6.07) is 4.22. The van der Waals surface area contributed by atoms with Crippen LogP contribution in [0.1, 0.15) is 52.7 Å². The number of methoxy groups -OCH3 is 2. The van der Waals surface area contributed by atoms with Crippen LogP contribution in [0.3, 0.4) is 0 Å². The minimum Gasteiger partial charge on any atom is -0.496 e. The third-order valence-corrected chi connectivity index (χ3v) is 3.14. The van der Waals surface area contributed by atoms with Gasteiger partial charge in [0.2, 0.25) is 0 Å². The SMILES string of the molecule is COc1cc(OC)c(C(C)(C)C)cc1C(C)(C)C. The summed E-state index contributed by atoms with van der Waals surface area (Å²) in [6.07, 6.45) is 0. The summed E-state index contributed by atoms with van der Waals surface area (Å²) in [5.41, 5.74) is 2.54. The van der Waals surface area contributed by atoms with E-state index in [1.807, 2.05) is 6.07 Å². The predicted octanol–water partition coefficient (Wildman–Crippen LogP) is 4.30. The summed E-state index contributed by atoms with van der Waals surface area (Å²) in [7, 11) is 3.42. The monoisotopic (exact) mass is 250 g/mol. The van der Waals surface area contributed by atoms with Crippen LogP contribution in [0.5, 0.6) is 11.5 Å². The molecule has 0 aromatic heterocycles. The summed E-state index contributed by atoms with van der Waals surface area (Å²) in [4.78, 5) is 0. The third kappa shape index (κ3) is 2.98. The fourth-order valence-electron chi connectivity index (χ4n) is 2.07. The number of hydrogen-bond donors (Lipinski definition) is 0. The second-order valence-electron chi connectivity index (χ2n) is 6.75. The molecule has 1 aromatic carbocycles. The van der Waals surface area contributed by atoms with Gasteiger partial charge in [-0.1, -0.05) is 41.5 Å². The van der Waals surface area contributed by atoms with E-state index in [0.29, 0.717) is 0 Å². The molecular formula is C16H26O2. The molecule has 0 heterocycles.